The molecule has 1 N–H and O–H groups in total. The SMILES string of the molecule is CC(=O)C1(C23CC(NCc4cccc(C#N)c4)(C2)C3)CCC1. The van der Waals surface area contributed by atoms with Gasteiger partial charge in [0.2, 0.25) is 0 Å². The fourth-order valence-corrected chi connectivity index (χ4v) is 5.31. The van der Waals surface area contributed by atoms with Gasteiger partial charge in [-0.15, -0.1) is 0 Å². The van der Waals surface area contributed by atoms with Gasteiger partial charge >= 0.3 is 0 Å². The number of Topliss-reactive ketones (excluding diaryl/α,β-unsaturated/α-hetero) is 1. The van der Waals surface area contributed by atoms with Crippen LogP contribution in [0.2, 0.25) is 0 Å². The maximum absolute atomic E-state index is 12.1. The second-order valence-electron chi connectivity index (χ2n) is 7.75. The zero-order valence-corrected chi connectivity index (χ0v) is 13.1. The van der Waals surface area contributed by atoms with Crippen molar-refractivity contribution in [1.29, 1.82) is 5.26 Å². The smallest absolute Gasteiger partial charge is 0.136 e. The molecule has 1 aromatic rings. The lowest BCUT2D eigenvalue weighted by molar-refractivity contribution is -0.248. The van der Waals surface area contributed by atoms with Crippen molar-refractivity contribution >= 4 is 5.78 Å². The van der Waals surface area contributed by atoms with Gasteiger partial charge in [-0.3, -0.25) is 4.79 Å². The first-order chi connectivity index (χ1) is 10.5. The Morgan fingerprint density at radius 1 is 1.32 bits per heavy atom. The van der Waals surface area contributed by atoms with Crippen molar-refractivity contribution in [2.45, 2.75) is 57.5 Å². The quantitative estimate of drug-likeness (QED) is 0.906. The Labute approximate surface area is 131 Å². The van der Waals surface area contributed by atoms with Gasteiger partial charge in [-0.2, -0.15) is 5.26 Å². The number of hydrogen-bond acceptors (Lipinski definition) is 3. The summed E-state index contributed by atoms with van der Waals surface area (Å²) in [5, 5.41) is 12.7. The number of hydrogen-bond donors (Lipinski definition) is 1. The lowest BCUT2D eigenvalue weighted by Gasteiger charge is -2.78. The molecule has 0 aliphatic heterocycles. The molecule has 0 amide bonds. The maximum atomic E-state index is 12.1. The molecule has 0 heterocycles. The van der Waals surface area contributed by atoms with Crippen molar-refractivity contribution in [2.75, 3.05) is 0 Å². The van der Waals surface area contributed by atoms with E-state index in [9.17, 15) is 4.79 Å². The van der Waals surface area contributed by atoms with Gasteiger partial charge in [-0.05, 0) is 62.1 Å². The molecule has 22 heavy (non-hydrogen) atoms. The summed E-state index contributed by atoms with van der Waals surface area (Å²) in [5.74, 6) is 0.425. The molecule has 4 aliphatic carbocycles. The second kappa shape index (κ2) is 4.43. The topological polar surface area (TPSA) is 52.9 Å². The molecule has 2 bridgehead atoms. The summed E-state index contributed by atoms with van der Waals surface area (Å²) in [6, 6.07) is 10.00. The number of nitrogens with zero attached hydrogens (tertiary/aromatic N) is 1. The third kappa shape index (κ3) is 1.68. The van der Waals surface area contributed by atoms with E-state index in [4.69, 9.17) is 5.26 Å². The molecule has 0 spiro atoms. The summed E-state index contributed by atoms with van der Waals surface area (Å²) in [4.78, 5) is 12.1. The van der Waals surface area contributed by atoms with Crippen LogP contribution < -0.4 is 5.32 Å². The van der Waals surface area contributed by atoms with Crippen molar-refractivity contribution < 1.29 is 4.79 Å². The van der Waals surface area contributed by atoms with Crippen LogP contribution >= 0.6 is 0 Å². The van der Waals surface area contributed by atoms with Crippen LogP contribution in [-0.2, 0) is 11.3 Å². The lowest BCUT2D eigenvalue weighted by atomic mass is 9.28. The Balaban J connectivity index is 1.38. The number of nitrogens with one attached hydrogen (secondary N) is 1. The minimum atomic E-state index is 0.0250. The monoisotopic (exact) mass is 294 g/mol. The Morgan fingerprint density at radius 2 is 2.05 bits per heavy atom. The van der Waals surface area contributed by atoms with Crippen molar-refractivity contribution in [3.63, 3.8) is 0 Å². The van der Waals surface area contributed by atoms with Crippen molar-refractivity contribution in [2.24, 2.45) is 10.8 Å². The van der Waals surface area contributed by atoms with E-state index in [-0.39, 0.29) is 11.0 Å². The number of rotatable bonds is 5. The number of nitriles is 1. The predicted octanol–water partition coefficient (Wildman–Crippen LogP) is 3.33. The van der Waals surface area contributed by atoms with Gasteiger partial charge in [0.05, 0.1) is 11.6 Å². The summed E-state index contributed by atoms with van der Waals surface area (Å²) in [5.41, 5.74) is 2.50. The number of benzene rings is 1. The third-order valence-electron chi connectivity index (χ3n) is 6.65. The molecule has 0 atom stereocenters. The standard InChI is InChI=1S/C19H22N2O/c1-14(22)19(6-3-7-19)17-11-18(12-17,13-17)21-10-16-5-2-4-15(8-16)9-20/h2,4-5,8,21H,3,6-7,10-13H2,1H3. The largest absolute Gasteiger partial charge is 0.307 e. The molecule has 5 rings (SSSR count). The summed E-state index contributed by atoms with van der Waals surface area (Å²) < 4.78 is 0. The summed E-state index contributed by atoms with van der Waals surface area (Å²) in [6.45, 7) is 2.62. The van der Waals surface area contributed by atoms with Gasteiger partial charge in [-0.25, -0.2) is 0 Å². The Morgan fingerprint density at radius 3 is 2.59 bits per heavy atom. The zero-order valence-electron chi connectivity index (χ0n) is 13.1. The first-order valence-electron chi connectivity index (χ1n) is 8.28. The highest BCUT2D eigenvalue weighted by molar-refractivity contribution is 5.85. The van der Waals surface area contributed by atoms with Crippen LogP contribution in [0.25, 0.3) is 0 Å². The van der Waals surface area contributed by atoms with E-state index in [1.165, 1.54) is 12.0 Å². The van der Waals surface area contributed by atoms with Crippen LogP contribution in [0.5, 0.6) is 0 Å². The van der Waals surface area contributed by atoms with E-state index in [2.05, 4.69) is 17.5 Å². The Hall–Kier alpha value is -1.66. The molecule has 4 saturated carbocycles. The average Bonchev–Trinajstić information content (AvgIpc) is 2.37. The van der Waals surface area contributed by atoms with E-state index in [1.54, 1.807) is 6.92 Å². The second-order valence-corrected chi connectivity index (χ2v) is 7.75. The molecule has 1 aromatic carbocycles. The van der Waals surface area contributed by atoms with Gasteiger partial charge in [0, 0.05) is 17.5 Å². The molecule has 0 saturated heterocycles. The van der Waals surface area contributed by atoms with Crippen molar-refractivity contribution in [1.82, 2.24) is 5.32 Å². The fraction of sp³-hybridized carbons (Fsp3) is 0.579. The van der Waals surface area contributed by atoms with Crippen molar-refractivity contribution in [3.05, 3.63) is 35.4 Å². The number of carbonyl (C=O) groups excluding carboxylic acids is 1. The van der Waals surface area contributed by atoms with Gasteiger partial charge in [-0.1, -0.05) is 18.6 Å². The summed E-state index contributed by atoms with van der Waals surface area (Å²) >= 11 is 0. The van der Waals surface area contributed by atoms with E-state index in [0.717, 1.165) is 44.2 Å². The van der Waals surface area contributed by atoms with Crippen LogP contribution in [0.1, 0.15) is 56.6 Å². The van der Waals surface area contributed by atoms with Gasteiger partial charge in [0.1, 0.15) is 5.78 Å². The van der Waals surface area contributed by atoms with Crippen molar-refractivity contribution in [3.8, 4) is 6.07 Å². The molecule has 114 valence electrons. The highest BCUT2D eigenvalue weighted by Gasteiger charge is 2.76. The van der Waals surface area contributed by atoms with Crippen LogP contribution in [0.15, 0.2) is 24.3 Å². The lowest BCUT2D eigenvalue weighted by Crippen LogP contribution is -2.80. The first-order valence-corrected chi connectivity index (χ1v) is 8.28. The molecule has 3 nitrogen and oxygen atoms in total. The van der Waals surface area contributed by atoms with Crippen LogP contribution in [-0.4, -0.2) is 11.3 Å². The Bertz CT molecular complexity index is 661. The summed E-state index contributed by atoms with van der Waals surface area (Å²) in [6.07, 6.45) is 6.94. The number of ketones is 1. The predicted molar refractivity (Wildman–Crippen MR) is 84.0 cm³/mol. The normalized spacial score (nSPS) is 33.8. The van der Waals surface area contributed by atoms with E-state index < -0.39 is 0 Å². The molecule has 4 aliphatic rings. The van der Waals surface area contributed by atoms with Gasteiger partial charge in [0.15, 0.2) is 0 Å². The molecule has 0 radical (unpaired) electrons. The van der Waals surface area contributed by atoms with Crippen LogP contribution in [0.4, 0.5) is 0 Å². The summed E-state index contributed by atoms with van der Waals surface area (Å²) in [7, 11) is 0. The molecule has 4 fully saturated rings. The van der Waals surface area contributed by atoms with E-state index in [1.807, 2.05) is 18.2 Å². The molecule has 0 aromatic heterocycles. The van der Waals surface area contributed by atoms with Crippen LogP contribution in [0, 0.1) is 22.2 Å². The minimum Gasteiger partial charge on any atom is -0.307 e. The Kier molecular flexibility index (Phi) is 2.81. The minimum absolute atomic E-state index is 0.0250. The number of carbonyl (C=O) groups is 1. The molecular weight excluding hydrogens is 272 g/mol. The van der Waals surface area contributed by atoms with Gasteiger partial charge in [0.25, 0.3) is 0 Å². The fourth-order valence-electron chi connectivity index (χ4n) is 5.31. The van der Waals surface area contributed by atoms with Crippen LogP contribution in [0.3, 0.4) is 0 Å². The van der Waals surface area contributed by atoms with E-state index >= 15 is 0 Å². The maximum Gasteiger partial charge on any atom is 0.136 e. The van der Waals surface area contributed by atoms with Gasteiger partial charge < -0.3 is 5.32 Å². The highest BCUT2D eigenvalue weighted by Crippen LogP contribution is 2.78. The first kappa shape index (κ1) is 14.0. The molecule has 3 heteroatoms. The molecule has 0 unspecified atom stereocenters. The zero-order chi connectivity index (χ0) is 15.4. The average molecular weight is 294 g/mol. The third-order valence-corrected chi connectivity index (χ3v) is 6.65. The molecular formula is C19H22N2O. The highest BCUT2D eigenvalue weighted by atomic mass is 16.1. The van der Waals surface area contributed by atoms with E-state index in [0.29, 0.717) is 11.2 Å².